The van der Waals surface area contributed by atoms with Crippen molar-refractivity contribution in [2.24, 2.45) is 0 Å². The number of hydrogen-bond acceptors (Lipinski definition) is 4. The van der Waals surface area contributed by atoms with Crippen LogP contribution in [-0.4, -0.2) is 23.3 Å². The van der Waals surface area contributed by atoms with Crippen molar-refractivity contribution in [1.82, 2.24) is 0 Å². The van der Waals surface area contributed by atoms with Gasteiger partial charge in [0.1, 0.15) is 23.9 Å². The second-order valence-corrected chi connectivity index (χ2v) is 4.04. The monoisotopic (exact) mass is 232 g/mol. The number of phenolic OH excluding ortho intramolecular Hbond substituents is 1. The van der Waals surface area contributed by atoms with Crippen molar-refractivity contribution in [3.05, 3.63) is 35.4 Å². The number of fused-ring (bicyclic) bond motifs is 1. The number of rotatable bonds is 3. The van der Waals surface area contributed by atoms with Crippen molar-refractivity contribution in [3.8, 4) is 11.5 Å². The maximum atomic E-state index is 11.3. The highest BCUT2D eigenvalue weighted by Gasteiger charge is 2.27. The molecule has 2 rings (SSSR count). The predicted molar refractivity (Wildman–Crippen MR) is 61.4 cm³/mol. The van der Waals surface area contributed by atoms with Crippen LogP contribution in [0.2, 0.25) is 0 Å². The molecule has 1 atom stereocenters. The van der Waals surface area contributed by atoms with E-state index in [9.17, 15) is 14.7 Å². The van der Waals surface area contributed by atoms with Crippen LogP contribution in [0.1, 0.15) is 22.8 Å². The Morgan fingerprint density at radius 3 is 2.88 bits per heavy atom. The van der Waals surface area contributed by atoms with Crippen molar-refractivity contribution >= 4 is 12.1 Å². The van der Waals surface area contributed by atoms with Gasteiger partial charge in [0, 0.05) is 18.1 Å². The summed E-state index contributed by atoms with van der Waals surface area (Å²) in [5.41, 5.74) is 1.43. The number of ketones is 1. The molecule has 0 fully saturated rings. The van der Waals surface area contributed by atoms with E-state index < -0.39 is 6.10 Å². The highest BCUT2D eigenvalue weighted by molar-refractivity contribution is 5.97. The molecule has 0 aromatic heterocycles. The van der Waals surface area contributed by atoms with Crippen LogP contribution in [0.5, 0.6) is 11.5 Å². The molecule has 1 unspecified atom stereocenters. The Kier molecular flexibility index (Phi) is 2.71. The minimum Gasteiger partial charge on any atom is -0.507 e. The SMILES string of the molecule is C=C(C=O)C1Cc2cc(C(C)=O)c(O)cc2O1. The molecule has 1 aliphatic rings. The second-order valence-electron chi connectivity index (χ2n) is 4.04. The lowest BCUT2D eigenvalue weighted by molar-refractivity contribution is -0.105. The van der Waals surface area contributed by atoms with Crippen molar-refractivity contribution in [3.63, 3.8) is 0 Å². The molecule has 4 heteroatoms. The van der Waals surface area contributed by atoms with E-state index in [1.807, 2.05) is 0 Å². The van der Waals surface area contributed by atoms with Gasteiger partial charge < -0.3 is 9.84 Å². The third-order valence-electron chi connectivity index (χ3n) is 2.80. The fourth-order valence-electron chi connectivity index (χ4n) is 1.84. The highest BCUT2D eigenvalue weighted by atomic mass is 16.5. The second kappa shape index (κ2) is 4.05. The summed E-state index contributed by atoms with van der Waals surface area (Å²) < 4.78 is 5.47. The maximum absolute atomic E-state index is 11.3. The number of carbonyl (C=O) groups is 2. The molecule has 0 aliphatic carbocycles. The maximum Gasteiger partial charge on any atom is 0.163 e. The first kappa shape index (κ1) is 11.4. The third-order valence-corrected chi connectivity index (χ3v) is 2.80. The van der Waals surface area contributed by atoms with E-state index in [-0.39, 0.29) is 17.1 Å². The lowest BCUT2D eigenvalue weighted by Gasteiger charge is -2.08. The molecule has 17 heavy (non-hydrogen) atoms. The molecule has 0 bridgehead atoms. The van der Waals surface area contributed by atoms with Gasteiger partial charge in [-0.15, -0.1) is 0 Å². The normalized spacial score (nSPS) is 17.1. The summed E-state index contributed by atoms with van der Waals surface area (Å²) in [5.74, 6) is 0.192. The van der Waals surface area contributed by atoms with E-state index in [0.717, 1.165) is 5.56 Å². The van der Waals surface area contributed by atoms with Gasteiger partial charge in [-0.25, -0.2) is 0 Å². The molecule has 0 radical (unpaired) electrons. The van der Waals surface area contributed by atoms with Gasteiger partial charge in [0.25, 0.3) is 0 Å². The van der Waals surface area contributed by atoms with Crippen molar-refractivity contribution in [2.75, 3.05) is 0 Å². The fourth-order valence-corrected chi connectivity index (χ4v) is 1.84. The van der Waals surface area contributed by atoms with Gasteiger partial charge in [0.15, 0.2) is 5.78 Å². The lowest BCUT2D eigenvalue weighted by Crippen LogP contribution is -2.16. The smallest absolute Gasteiger partial charge is 0.163 e. The Morgan fingerprint density at radius 1 is 1.59 bits per heavy atom. The Morgan fingerprint density at radius 2 is 2.29 bits per heavy atom. The number of aromatic hydroxyl groups is 1. The molecule has 1 aliphatic heterocycles. The number of aldehydes is 1. The fraction of sp³-hybridized carbons (Fsp3) is 0.231. The number of phenols is 1. The zero-order chi connectivity index (χ0) is 12.6. The molecular weight excluding hydrogens is 220 g/mol. The molecule has 1 N–H and O–H groups in total. The van der Waals surface area contributed by atoms with Crippen LogP contribution in [-0.2, 0) is 11.2 Å². The van der Waals surface area contributed by atoms with Gasteiger partial charge >= 0.3 is 0 Å². The largest absolute Gasteiger partial charge is 0.507 e. The first-order chi connectivity index (χ1) is 8.02. The molecule has 0 saturated carbocycles. The van der Waals surface area contributed by atoms with Crippen LogP contribution in [0, 0.1) is 0 Å². The zero-order valence-electron chi connectivity index (χ0n) is 9.40. The summed E-state index contributed by atoms with van der Waals surface area (Å²) in [6.45, 7) is 4.98. The standard InChI is InChI=1S/C13H12O4/c1-7(6-14)12-4-9-3-10(8(2)15)11(16)5-13(9)17-12/h3,5-6,12,16H,1,4H2,2H3. The molecular formula is C13H12O4. The summed E-state index contributed by atoms with van der Waals surface area (Å²) >= 11 is 0. The summed E-state index contributed by atoms with van der Waals surface area (Å²) in [6.07, 6.45) is 0.750. The third kappa shape index (κ3) is 1.93. The number of hydrogen-bond donors (Lipinski definition) is 1. The average Bonchev–Trinajstić information content (AvgIpc) is 2.69. The van der Waals surface area contributed by atoms with E-state index in [0.29, 0.717) is 24.0 Å². The van der Waals surface area contributed by atoms with Crippen LogP contribution in [0.3, 0.4) is 0 Å². The zero-order valence-corrected chi connectivity index (χ0v) is 9.40. The van der Waals surface area contributed by atoms with Crippen LogP contribution in [0.25, 0.3) is 0 Å². The molecule has 1 heterocycles. The topological polar surface area (TPSA) is 63.6 Å². The van der Waals surface area contributed by atoms with E-state index in [2.05, 4.69) is 6.58 Å². The van der Waals surface area contributed by atoms with Crippen LogP contribution in [0.15, 0.2) is 24.3 Å². The molecule has 4 nitrogen and oxygen atoms in total. The Hall–Kier alpha value is -2.10. The molecule has 1 aromatic carbocycles. The van der Waals surface area contributed by atoms with E-state index in [1.165, 1.54) is 13.0 Å². The van der Waals surface area contributed by atoms with Crippen LogP contribution in [0.4, 0.5) is 0 Å². The van der Waals surface area contributed by atoms with Gasteiger partial charge in [-0.3, -0.25) is 9.59 Å². The first-order valence-corrected chi connectivity index (χ1v) is 5.20. The summed E-state index contributed by atoms with van der Waals surface area (Å²) in [6, 6.07) is 3.01. The Balaban J connectivity index is 2.36. The van der Waals surface area contributed by atoms with Gasteiger partial charge in [-0.05, 0) is 18.6 Å². The molecule has 0 saturated heterocycles. The van der Waals surface area contributed by atoms with Crippen molar-refractivity contribution in [2.45, 2.75) is 19.4 Å². The first-order valence-electron chi connectivity index (χ1n) is 5.20. The molecule has 0 spiro atoms. The predicted octanol–water partition coefficient (Wildman–Crippen LogP) is 1.65. The Labute approximate surface area is 98.5 Å². The average molecular weight is 232 g/mol. The quantitative estimate of drug-likeness (QED) is 0.489. The minimum atomic E-state index is -0.399. The van der Waals surface area contributed by atoms with Crippen LogP contribution < -0.4 is 4.74 Å². The highest BCUT2D eigenvalue weighted by Crippen LogP contribution is 2.36. The van der Waals surface area contributed by atoms with Crippen LogP contribution >= 0.6 is 0 Å². The summed E-state index contributed by atoms with van der Waals surface area (Å²) in [5, 5.41) is 9.63. The molecule has 88 valence electrons. The summed E-state index contributed by atoms with van der Waals surface area (Å²) in [7, 11) is 0. The molecule has 1 aromatic rings. The summed E-state index contributed by atoms with van der Waals surface area (Å²) in [4.78, 5) is 21.9. The van der Waals surface area contributed by atoms with E-state index in [1.54, 1.807) is 6.07 Å². The van der Waals surface area contributed by atoms with Gasteiger partial charge in [0.2, 0.25) is 0 Å². The Bertz CT molecular complexity index is 516. The lowest BCUT2D eigenvalue weighted by atomic mass is 10.0. The number of benzene rings is 1. The van der Waals surface area contributed by atoms with Crippen molar-refractivity contribution in [1.29, 1.82) is 0 Å². The number of Topliss-reactive ketones (excluding diaryl/α,β-unsaturated/α-hetero) is 1. The van der Waals surface area contributed by atoms with Gasteiger partial charge in [-0.1, -0.05) is 6.58 Å². The number of carbonyl (C=O) groups excluding carboxylic acids is 2. The van der Waals surface area contributed by atoms with Gasteiger partial charge in [-0.2, -0.15) is 0 Å². The number of ether oxygens (including phenoxy) is 1. The van der Waals surface area contributed by atoms with Crippen molar-refractivity contribution < 1.29 is 19.4 Å². The van der Waals surface area contributed by atoms with E-state index in [4.69, 9.17) is 4.74 Å². The van der Waals surface area contributed by atoms with Gasteiger partial charge in [0.05, 0.1) is 5.56 Å². The molecule has 0 amide bonds. The minimum absolute atomic E-state index is 0.103. The van der Waals surface area contributed by atoms with E-state index >= 15 is 0 Å².